The number of pyridine rings is 1. The molecule has 0 aliphatic heterocycles. The van der Waals surface area contributed by atoms with Crippen molar-refractivity contribution in [2.45, 2.75) is 6.92 Å². The summed E-state index contributed by atoms with van der Waals surface area (Å²) in [7, 11) is 2.00. The summed E-state index contributed by atoms with van der Waals surface area (Å²) in [6.45, 7) is 4.22. The van der Waals surface area contributed by atoms with Crippen LogP contribution in [0.2, 0.25) is 0 Å². The number of hydrogen-bond donors (Lipinski definition) is 0. The summed E-state index contributed by atoms with van der Waals surface area (Å²) in [5.41, 5.74) is 1.56. The highest BCUT2D eigenvalue weighted by Gasteiger charge is 2.04. The Bertz CT molecular complexity index is 604. The highest BCUT2D eigenvalue weighted by molar-refractivity contribution is 5.81. The molecule has 0 aliphatic rings. The molecule has 0 aliphatic carbocycles. The van der Waals surface area contributed by atoms with Gasteiger partial charge in [-0.2, -0.15) is 5.26 Å². The zero-order valence-electron chi connectivity index (χ0n) is 11.3. The van der Waals surface area contributed by atoms with Crippen LogP contribution in [0.3, 0.4) is 0 Å². The van der Waals surface area contributed by atoms with Crippen LogP contribution in [-0.2, 0) is 4.74 Å². The number of ether oxygens (including phenoxy) is 1. The molecule has 0 spiro atoms. The van der Waals surface area contributed by atoms with Gasteiger partial charge in [0, 0.05) is 25.6 Å². The fraction of sp³-hybridized carbons (Fsp3) is 0.333. The predicted octanol–water partition coefficient (Wildman–Crippen LogP) is 2.58. The standard InChI is InChI=1S/C15H17N3O/c1-3-19-9-8-18(2)15-7-5-13-10-12(11-16)4-6-14(13)17-15/h4-7,10H,3,8-9H2,1-2H3. The van der Waals surface area contributed by atoms with Crippen molar-refractivity contribution in [3.63, 3.8) is 0 Å². The van der Waals surface area contributed by atoms with Gasteiger partial charge in [-0.05, 0) is 37.3 Å². The van der Waals surface area contributed by atoms with Crippen LogP contribution in [-0.4, -0.2) is 31.8 Å². The number of rotatable bonds is 5. The quantitative estimate of drug-likeness (QED) is 0.770. The number of anilines is 1. The predicted molar refractivity (Wildman–Crippen MR) is 76.2 cm³/mol. The first kappa shape index (κ1) is 13.3. The SMILES string of the molecule is CCOCCN(C)c1ccc2cc(C#N)ccc2n1. The molecule has 2 aromatic rings. The van der Waals surface area contributed by atoms with Crippen molar-refractivity contribution < 1.29 is 4.74 Å². The second-order valence-electron chi connectivity index (χ2n) is 4.31. The zero-order valence-corrected chi connectivity index (χ0v) is 11.3. The normalized spacial score (nSPS) is 10.4. The molecular formula is C15H17N3O. The Morgan fingerprint density at radius 3 is 2.89 bits per heavy atom. The van der Waals surface area contributed by atoms with Crippen LogP contribution in [0, 0.1) is 11.3 Å². The van der Waals surface area contributed by atoms with E-state index in [9.17, 15) is 0 Å². The molecule has 1 aromatic carbocycles. The van der Waals surface area contributed by atoms with Gasteiger partial charge in [0.25, 0.3) is 0 Å². The second kappa shape index (κ2) is 6.17. The minimum absolute atomic E-state index is 0.659. The molecule has 1 heterocycles. The van der Waals surface area contributed by atoms with E-state index in [2.05, 4.69) is 16.0 Å². The molecule has 0 atom stereocenters. The summed E-state index contributed by atoms with van der Waals surface area (Å²) in [4.78, 5) is 6.65. The molecule has 1 aromatic heterocycles. The molecule has 4 heteroatoms. The Morgan fingerprint density at radius 1 is 1.32 bits per heavy atom. The molecule has 0 saturated carbocycles. The summed E-state index contributed by atoms with van der Waals surface area (Å²) in [6.07, 6.45) is 0. The van der Waals surface area contributed by atoms with Crippen LogP contribution in [0.4, 0.5) is 5.82 Å². The average molecular weight is 255 g/mol. The first-order valence-corrected chi connectivity index (χ1v) is 6.34. The minimum Gasteiger partial charge on any atom is -0.380 e. The summed E-state index contributed by atoms with van der Waals surface area (Å²) in [5.74, 6) is 0.914. The Labute approximate surface area is 113 Å². The topological polar surface area (TPSA) is 49.1 Å². The van der Waals surface area contributed by atoms with Crippen LogP contribution in [0.5, 0.6) is 0 Å². The van der Waals surface area contributed by atoms with Crippen molar-refractivity contribution in [2.75, 3.05) is 31.7 Å². The van der Waals surface area contributed by atoms with Gasteiger partial charge in [0.05, 0.1) is 23.8 Å². The number of nitrogens with zero attached hydrogens (tertiary/aromatic N) is 3. The number of likely N-dealkylation sites (N-methyl/N-ethyl adjacent to an activating group) is 1. The monoisotopic (exact) mass is 255 g/mol. The van der Waals surface area contributed by atoms with Crippen molar-refractivity contribution in [2.24, 2.45) is 0 Å². The Hall–Kier alpha value is -2.12. The first-order valence-electron chi connectivity index (χ1n) is 6.34. The van der Waals surface area contributed by atoms with Crippen molar-refractivity contribution in [1.29, 1.82) is 5.26 Å². The zero-order chi connectivity index (χ0) is 13.7. The summed E-state index contributed by atoms with van der Waals surface area (Å²) in [6, 6.07) is 11.6. The molecule has 0 bridgehead atoms. The molecule has 0 fully saturated rings. The summed E-state index contributed by atoms with van der Waals surface area (Å²) >= 11 is 0. The van der Waals surface area contributed by atoms with Gasteiger partial charge in [-0.3, -0.25) is 0 Å². The molecule has 0 radical (unpaired) electrons. The molecule has 0 unspecified atom stereocenters. The van der Waals surface area contributed by atoms with E-state index in [1.54, 1.807) is 6.07 Å². The lowest BCUT2D eigenvalue weighted by Crippen LogP contribution is -2.23. The van der Waals surface area contributed by atoms with Gasteiger partial charge in [0.15, 0.2) is 0 Å². The van der Waals surface area contributed by atoms with Crippen LogP contribution in [0.1, 0.15) is 12.5 Å². The van der Waals surface area contributed by atoms with E-state index >= 15 is 0 Å². The fourth-order valence-corrected chi connectivity index (χ4v) is 1.86. The number of hydrogen-bond acceptors (Lipinski definition) is 4. The molecule has 19 heavy (non-hydrogen) atoms. The fourth-order valence-electron chi connectivity index (χ4n) is 1.86. The lowest BCUT2D eigenvalue weighted by atomic mass is 10.1. The van der Waals surface area contributed by atoms with Crippen molar-refractivity contribution >= 4 is 16.7 Å². The van der Waals surface area contributed by atoms with Gasteiger partial charge in [-0.15, -0.1) is 0 Å². The van der Waals surface area contributed by atoms with Gasteiger partial charge >= 0.3 is 0 Å². The first-order chi connectivity index (χ1) is 9.24. The summed E-state index contributed by atoms with van der Waals surface area (Å²) in [5, 5.41) is 9.85. The van der Waals surface area contributed by atoms with E-state index in [0.29, 0.717) is 12.2 Å². The maximum absolute atomic E-state index is 8.87. The molecule has 4 nitrogen and oxygen atoms in total. The van der Waals surface area contributed by atoms with Crippen molar-refractivity contribution in [3.8, 4) is 6.07 Å². The average Bonchev–Trinajstić information content (AvgIpc) is 2.46. The smallest absolute Gasteiger partial charge is 0.129 e. The maximum Gasteiger partial charge on any atom is 0.129 e. The Morgan fingerprint density at radius 2 is 2.16 bits per heavy atom. The van der Waals surface area contributed by atoms with Gasteiger partial charge < -0.3 is 9.64 Å². The van der Waals surface area contributed by atoms with E-state index in [1.807, 2.05) is 38.2 Å². The van der Waals surface area contributed by atoms with E-state index in [4.69, 9.17) is 10.00 Å². The number of fused-ring (bicyclic) bond motifs is 1. The van der Waals surface area contributed by atoms with Crippen molar-refractivity contribution in [3.05, 3.63) is 35.9 Å². The van der Waals surface area contributed by atoms with Crippen LogP contribution < -0.4 is 4.90 Å². The Balaban J connectivity index is 2.19. The second-order valence-corrected chi connectivity index (χ2v) is 4.31. The van der Waals surface area contributed by atoms with Gasteiger partial charge in [0.1, 0.15) is 5.82 Å². The third-order valence-electron chi connectivity index (χ3n) is 2.97. The minimum atomic E-state index is 0.659. The van der Waals surface area contributed by atoms with Gasteiger partial charge in [-0.1, -0.05) is 0 Å². The molecular weight excluding hydrogens is 238 g/mol. The third kappa shape index (κ3) is 3.21. The Kier molecular flexibility index (Phi) is 4.32. The molecule has 0 amide bonds. The highest BCUT2D eigenvalue weighted by Crippen LogP contribution is 2.18. The lowest BCUT2D eigenvalue weighted by molar-refractivity contribution is 0.154. The summed E-state index contributed by atoms with van der Waals surface area (Å²) < 4.78 is 5.34. The van der Waals surface area contributed by atoms with Crippen LogP contribution in [0.15, 0.2) is 30.3 Å². The molecule has 0 saturated heterocycles. The lowest BCUT2D eigenvalue weighted by Gasteiger charge is -2.18. The largest absolute Gasteiger partial charge is 0.380 e. The number of nitriles is 1. The van der Waals surface area contributed by atoms with E-state index in [-0.39, 0.29) is 0 Å². The van der Waals surface area contributed by atoms with Crippen LogP contribution in [0.25, 0.3) is 10.9 Å². The van der Waals surface area contributed by atoms with E-state index in [1.165, 1.54) is 0 Å². The third-order valence-corrected chi connectivity index (χ3v) is 2.97. The van der Waals surface area contributed by atoms with E-state index in [0.717, 1.165) is 29.9 Å². The molecule has 2 rings (SSSR count). The van der Waals surface area contributed by atoms with Crippen LogP contribution >= 0.6 is 0 Å². The van der Waals surface area contributed by atoms with Gasteiger partial charge in [-0.25, -0.2) is 4.98 Å². The van der Waals surface area contributed by atoms with Crippen molar-refractivity contribution in [1.82, 2.24) is 4.98 Å². The highest BCUT2D eigenvalue weighted by atomic mass is 16.5. The number of benzene rings is 1. The van der Waals surface area contributed by atoms with Gasteiger partial charge in [0.2, 0.25) is 0 Å². The maximum atomic E-state index is 8.87. The van der Waals surface area contributed by atoms with E-state index < -0.39 is 0 Å². The number of aromatic nitrogens is 1. The molecule has 0 N–H and O–H groups in total. The molecule has 98 valence electrons.